The zero-order chi connectivity index (χ0) is 14.4. The molecule has 0 unspecified atom stereocenters. The van der Waals surface area contributed by atoms with Gasteiger partial charge in [0.1, 0.15) is 11.9 Å². The smallest absolute Gasteiger partial charge is 0.310 e. The molecule has 0 aliphatic heterocycles. The molecule has 6 heteroatoms. The summed E-state index contributed by atoms with van der Waals surface area (Å²) in [5, 5.41) is 19.9. The summed E-state index contributed by atoms with van der Waals surface area (Å²) in [4.78, 5) is 16.2. The lowest BCUT2D eigenvalue weighted by Crippen LogP contribution is -2.19. The second-order valence-corrected chi connectivity index (χ2v) is 4.02. The van der Waals surface area contributed by atoms with E-state index in [4.69, 9.17) is 5.26 Å². The van der Waals surface area contributed by atoms with Crippen molar-refractivity contribution in [3.8, 4) is 6.07 Å². The number of anilines is 2. The van der Waals surface area contributed by atoms with Gasteiger partial charge in [0.15, 0.2) is 0 Å². The Bertz CT molecular complexity index is 637. The van der Waals surface area contributed by atoms with Crippen LogP contribution < -0.4 is 4.90 Å². The van der Waals surface area contributed by atoms with Crippen LogP contribution in [0.5, 0.6) is 0 Å². The van der Waals surface area contributed by atoms with Crippen LogP contribution in [0.2, 0.25) is 0 Å². The van der Waals surface area contributed by atoms with Crippen LogP contribution in [0.15, 0.2) is 48.8 Å². The summed E-state index contributed by atoms with van der Waals surface area (Å²) >= 11 is 0. The van der Waals surface area contributed by atoms with E-state index >= 15 is 0 Å². The molecular weight excluding hydrogens is 256 g/mol. The van der Waals surface area contributed by atoms with Gasteiger partial charge < -0.3 is 4.90 Å². The number of rotatable bonds is 5. The SMILES string of the molecule is N#CCCN(c1ccccc1)c1ccncc1[N+](=O)[O-]. The molecule has 0 amide bonds. The molecular formula is C14H12N4O2. The molecule has 1 aromatic heterocycles. The van der Waals surface area contributed by atoms with Gasteiger partial charge in [0.05, 0.1) is 17.4 Å². The van der Waals surface area contributed by atoms with Gasteiger partial charge >= 0.3 is 5.69 Å². The van der Waals surface area contributed by atoms with Gasteiger partial charge in [-0.05, 0) is 18.2 Å². The van der Waals surface area contributed by atoms with Crippen molar-refractivity contribution in [1.82, 2.24) is 4.98 Å². The molecule has 100 valence electrons. The Morgan fingerprint density at radius 2 is 2.05 bits per heavy atom. The van der Waals surface area contributed by atoms with E-state index < -0.39 is 4.92 Å². The van der Waals surface area contributed by atoms with Gasteiger partial charge in [0.2, 0.25) is 0 Å². The van der Waals surface area contributed by atoms with Crippen molar-refractivity contribution in [1.29, 1.82) is 5.26 Å². The molecule has 1 aromatic carbocycles. The molecule has 0 bridgehead atoms. The molecule has 0 fully saturated rings. The molecule has 0 atom stereocenters. The summed E-state index contributed by atoms with van der Waals surface area (Å²) in [6.45, 7) is 0.380. The Kier molecular flexibility index (Phi) is 4.24. The number of nitro groups is 1. The van der Waals surface area contributed by atoms with Crippen LogP contribution in [0.3, 0.4) is 0 Å². The number of para-hydroxylation sites is 1. The Hall–Kier alpha value is -2.94. The third-order valence-electron chi connectivity index (χ3n) is 2.78. The molecule has 0 saturated carbocycles. The highest BCUT2D eigenvalue weighted by Crippen LogP contribution is 2.32. The first-order chi connectivity index (χ1) is 9.74. The first-order valence-electron chi connectivity index (χ1n) is 6.02. The first kappa shape index (κ1) is 13.5. The summed E-state index contributed by atoms with van der Waals surface area (Å²) in [5.74, 6) is 0. The van der Waals surface area contributed by atoms with Crippen molar-refractivity contribution in [2.75, 3.05) is 11.4 Å². The number of hydrogen-bond donors (Lipinski definition) is 0. The molecule has 0 radical (unpaired) electrons. The molecule has 6 nitrogen and oxygen atoms in total. The van der Waals surface area contributed by atoms with Gasteiger partial charge in [-0.15, -0.1) is 0 Å². The van der Waals surface area contributed by atoms with E-state index in [0.717, 1.165) is 5.69 Å². The summed E-state index contributed by atoms with van der Waals surface area (Å²) in [7, 11) is 0. The Morgan fingerprint density at radius 1 is 1.30 bits per heavy atom. The topological polar surface area (TPSA) is 83.1 Å². The minimum atomic E-state index is -0.468. The number of hydrogen-bond acceptors (Lipinski definition) is 5. The lowest BCUT2D eigenvalue weighted by molar-refractivity contribution is -0.384. The lowest BCUT2D eigenvalue weighted by atomic mass is 10.2. The average Bonchev–Trinajstić information content (AvgIpc) is 2.49. The maximum Gasteiger partial charge on any atom is 0.310 e. The molecule has 0 aliphatic rings. The standard InChI is InChI=1S/C14H12N4O2/c15-8-4-10-17(12-5-2-1-3-6-12)13-7-9-16-11-14(13)18(19)20/h1-3,5-7,9,11H,4,10H2. The Morgan fingerprint density at radius 3 is 2.70 bits per heavy atom. The lowest BCUT2D eigenvalue weighted by Gasteiger charge is -2.23. The predicted octanol–water partition coefficient (Wildman–Crippen LogP) is 3.04. The number of pyridine rings is 1. The molecule has 0 saturated heterocycles. The average molecular weight is 268 g/mol. The van der Waals surface area contributed by atoms with Crippen LogP contribution in [0, 0.1) is 21.4 Å². The van der Waals surface area contributed by atoms with Crippen molar-refractivity contribution in [2.45, 2.75) is 6.42 Å². The second kappa shape index (κ2) is 6.29. The van der Waals surface area contributed by atoms with Crippen molar-refractivity contribution >= 4 is 17.1 Å². The summed E-state index contributed by atoms with van der Waals surface area (Å²) < 4.78 is 0. The van der Waals surface area contributed by atoms with Gasteiger partial charge in [-0.3, -0.25) is 15.1 Å². The predicted molar refractivity (Wildman–Crippen MR) is 74.6 cm³/mol. The van der Waals surface area contributed by atoms with Crippen molar-refractivity contribution < 1.29 is 4.92 Å². The Balaban J connectivity index is 2.47. The fraction of sp³-hybridized carbons (Fsp3) is 0.143. The number of benzene rings is 1. The van der Waals surface area contributed by atoms with E-state index in [9.17, 15) is 10.1 Å². The number of aromatic nitrogens is 1. The van der Waals surface area contributed by atoms with Crippen LogP contribution in [0.25, 0.3) is 0 Å². The minimum absolute atomic E-state index is 0.0747. The molecule has 20 heavy (non-hydrogen) atoms. The molecule has 2 aromatic rings. The fourth-order valence-electron chi connectivity index (χ4n) is 1.91. The maximum absolute atomic E-state index is 11.1. The fourth-order valence-corrected chi connectivity index (χ4v) is 1.91. The van der Waals surface area contributed by atoms with Crippen LogP contribution in [-0.2, 0) is 0 Å². The summed E-state index contributed by atoms with van der Waals surface area (Å²) in [6.07, 6.45) is 3.00. The van der Waals surface area contributed by atoms with Crippen molar-refractivity contribution in [3.63, 3.8) is 0 Å². The van der Waals surface area contributed by atoms with Gasteiger partial charge in [-0.1, -0.05) is 18.2 Å². The second-order valence-electron chi connectivity index (χ2n) is 4.02. The van der Waals surface area contributed by atoms with Crippen molar-refractivity contribution in [2.24, 2.45) is 0 Å². The normalized spacial score (nSPS) is 9.75. The number of nitrogens with zero attached hydrogens (tertiary/aromatic N) is 4. The van der Waals surface area contributed by atoms with E-state index in [0.29, 0.717) is 12.2 Å². The quantitative estimate of drug-likeness (QED) is 0.614. The largest absolute Gasteiger partial charge is 0.335 e. The van der Waals surface area contributed by atoms with E-state index in [1.165, 1.54) is 12.4 Å². The van der Waals surface area contributed by atoms with Gasteiger partial charge in [0.25, 0.3) is 0 Å². The zero-order valence-electron chi connectivity index (χ0n) is 10.6. The van der Waals surface area contributed by atoms with Crippen LogP contribution >= 0.6 is 0 Å². The molecule has 0 N–H and O–H groups in total. The summed E-state index contributed by atoms with van der Waals surface area (Å²) in [6, 6.07) is 12.9. The van der Waals surface area contributed by atoms with Gasteiger partial charge in [0, 0.05) is 18.4 Å². The van der Waals surface area contributed by atoms with Gasteiger partial charge in [-0.25, -0.2) is 0 Å². The van der Waals surface area contributed by atoms with Crippen LogP contribution in [0.1, 0.15) is 6.42 Å². The maximum atomic E-state index is 11.1. The monoisotopic (exact) mass is 268 g/mol. The van der Waals surface area contributed by atoms with E-state index in [1.54, 1.807) is 11.0 Å². The molecule has 0 spiro atoms. The van der Waals surface area contributed by atoms with E-state index in [-0.39, 0.29) is 12.1 Å². The summed E-state index contributed by atoms with van der Waals surface area (Å²) in [5.41, 5.74) is 1.16. The molecule has 2 rings (SSSR count). The highest BCUT2D eigenvalue weighted by atomic mass is 16.6. The van der Waals surface area contributed by atoms with Gasteiger partial charge in [-0.2, -0.15) is 5.26 Å². The first-order valence-corrected chi connectivity index (χ1v) is 6.02. The molecule has 1 heterocycles. The van der Waals surface area contributed by atoms with E-state index in [2.05, 4.69) is 11.1 Å². The van der Waals surface area contributed by atoms with Crippen LogP contribution in [-0.4, -0.2) is 16.5 Å². The Labute approximate surface area is 116 Å². The third-order valence-corrected chi connectivity index (χ3v) is 2.78. The minimum Gasteiger partial charge on any atom is -0.335 e. The van der Waals surface area contributed by atoms with Crippen molar-refractivity contribution in [3.05, 3.63) is 58.9 Å². The highest BCUT2D eigenvalue weighted by molar-refractivity contribution is 5.71. The van der Waals surface area contributed by atoms with E-state index in [1.807, 2.05) is 30.3 Å². The third kappa shape index (κ3) is 2.90. The van der Waals surface area contributed by atoms with Crippen LogP contribution in [0.4, 0.5) is 17.1 Å². The zero-order valence-corrected chi connectivity index (χ0v) is 10.6. The number of nitriles is 1. The highest BCUT2D eigenvalue weighted by Gasteiger charge is 2.20. The molecule has 0 aliphatic carbocycles.